The van der Waals surface area contributed by atoms with Crippen molar-refractivity contribution in [3.8, 4) is 11.1 Å². The van der Waals surface area contributed by atoms with E-state index < -0.39 is 10.8 Å². The fraction of sp³-hybridized carbons (Fsp3) is 0. The number of non-ortho nitro benzene ring substituents is 1. The highest BCUT2D eigenvalue weighted by atomic mass is 16.6. The third-order valence-electron chi connectivity index (χ3n) is 3.36. The van der Waals surface area contributed by atoms with Crippen LogP contribution < -0.4 is 11.5 Å². The minimum Gasteiger partial charge on any atom is -0.449 e. The number of nitro groups is 1. The third-order valence-corrected chi connectivity index (χ3v) is 3.36. The fourth-order valence-corrected chi connectivity index (χ4v) is 2.25. The molecule has 1 amide bonds. The molecule has 0 unspecified atom stereocenters. The molecule has 0 saturated heterocycles. The van der Waals surface area contributed by atoms with Crippen molar-refractivity contribution in [2.24, 2.45) is 5.73 Å². The molecular formula is C15H11N3O4. The van der Waals surface area contributed by atoms with Crippen LogP contribution in [0.1, 0.15) is 10.6 Å². The van der Waals surface area contributed by atoms with E-state index in [1.807, 2.05) is 0 Å². The summed E-state index contributed by atoms with van der Waals surface area (Å²) in [5.74, 6) is -0.804. The maximum atomic E-state index is 11.2. The van der Waals surface area contributed by atoms with Crippen molar-refractivity contribution in [3.63, 3.8) is 0 Å². The summed E-state index contributed by atoms with van der Waals surface area (Å²) in [6, 6.07) is 11.3. The summed E-state index contributed by atoms with van der Waals surface area (Å²) in [6.45, 7) is 0. The molecule has 1 aromatic heterocycles. The number of benzene rings is 2. The van der Waals surface area contributed by atoms with Gasteiger partial charge in [-0.1, -0.05) is 6.07 Å². The van der Waals surface area contributed by atoms with Gasteiger partial charge in [-0.25, -0.2) is 0 Å². The molecule has 0 saturated carbocycles. The molecule has 3 rings (SSSR count). The number of nitrogen functional groups attached to an aromatic ring is 1. The Morgan fingerprint density at radius 3 is 2.32 bits per heavy atom. The average Bonchev–Trinajstić information content (AvgIpc) is 2.84. The Balaban J connectivity index is 2.10. The van der Waals surface area contributed by atoms with Crippen LogP contribution in [-0.4, -0.2) is 10.8 Å². The zero-order valence-corrected chi connectivity index (χ0v) is 11.3. The summed E-state index contributed by atoms with van der Waals surface area (Å²) in [5, 5.41) is 11.2. The second kappa shape index (κ2) is 4.88. The number of nitrogens with two attached hydrogens (primary N) is 2. The first-order valence-electron chi connectivity index (χ1n) is 6.34. The highest BCUT2D eigenvalue weighted by Crippen LogP contribution is 2.32. The van der Waals surface area contributed by atoms with Crippen molar-refractivity contribution in [2.45, 2.75) is 0 Å². The lowest BCUT2D eigenvalue weighted by Gasteiger charge is -2.01. The molecule has 1 heterocycles. The van der Waals surface area contributed by atoms with Gasteiger partial charge in [-0.2, -0.15) is 0 Å². The minimum atomic E-state index is -0.731. The highest BCUT2D eigenvalue weighted by Gasteiger charge is 2.16. The second-order valence-electron chi connectivity index (χ2n) is 4.72. The topological polar surface area (TPSA) is 125 Å². The van der Waals surface area contributed by atoms with Crippen molar-refractivity contribution >= 4 is 28.3 Å². The van der Waals surface area contributed by atoms with Gasteiger partial charge in [-0.3, -0.25) is 14.9 Å². The first-order chi connectivity index (χ1) is 10.5. The van der Waals surface area contributed by atoms with Gasteiger partial charge < -0.3 is 15.9 Å². The van der Waals surface area contributed by atoms with Gasteiger partial charge in [0.15, 0.2) is 0 Å². The Kier molecular flexibility index (Phi) is 3.03. The van der Waals surface area contributed by atoms with E-state index >= 15 is 0 Å². The van der Waals surface area contributed by atoms with E-state index in [2.05, 4.69) is 0 Å². The monoisotopic (exact) mass is 297 g/mol. The normalized spacial score (nSPS) is 10.7. The van der Waals surface area contributed by atoms with Crippen LogP contribution in [0.2, 0.25) is 0 Å². The van der Waals surface area contributed by atoms with E-state index in [-0.39, 0.29) is 17.1 Å². The van der Waals surface area contributed by atoms with Crippen molar-refractivity contribution in [3.05, 3.63) is 58.3 Å². The number of primary amides is 1. The molecular weight excluding hydrogens is 286 g/mol. The van der Waals surface area contributed by atoms with E-state index in [1.54, 1.807) is 30.3 Å². The molecule has 4 N–H and O–H groups in total. The number of carbonyl (C=O) groups excluding carboxylic acids is 1. The van der Waals surface area contributed by atoms with Gasteiger partial charge in [0.1, 0.15) is 5.58 Å². The van der Waals surface area contributed by atoms with Gasteiger partial charge in [-0.15, -0.1) is 0 Å². The van der Waals surface area contributed by atoms with Crippen LogP contribution in [0.5, 0.6) is 0 Å². The van der Waals surface area contributed by atoms with Crippen LogP contribution in [0, 0.1) is 10.1 Å². The zero-order valence-electron chi connectivity index (χ0n) is 11.3. The maximum Gasteiger partial charge on any atom is 0.286 e. The predicted molar refractivity (Wildman–Crippen MR) is 81.2 cm³/mol. The van der Waals surface area contributed by atoms with E-state index in [4.69, 9.17) is 15.9 Å². The number of amides is 1. The molecule has 0 radical (unpaired) electrons. The Hall–Kier alpha value is -3.35. The lowest BCUT2D eigenvalue weighted by atomic mass is 10.0. The summed E-state index contributed by atoms with van der Waals surface area (Å²) in [6.07, 6.45) is 0. The van der Waals surface area contributed by atoms with E-state index in [1.165, 1.54) is 12.1 Å². The number of hydrogen-bond acceptors (Lipinski definition) is 5. The molecule has 0 aliphatic heterocycles. The molecule has 0 atom stereocenters. The molecule has 7 heteroatoms. The zero-order chi connectivity index (χ0) is 15.9. The number of fused-ring (bicyclic) bond motifs is 1. The van der Waals surface area contributed by atoms with Crippen LogP contribution in [-0.2, 0) is 0 Å². The molecule has 110 valence electrons. The first kappa shape index (κ1) is 13.6. The predicted octanol–water partition coefficient (Wildman–Crippen LogP) is 2.69. The maximum absolute atomic E-state index is 11.2. The van der Waals surface area contributed by atoms with Crippen LogP contribution in [0.15, 0.2) is 46.9 Å². The average molecular weight is 297 g/mol. The van der Waals surface area contributed by atoms with E-state index in [9.17, 15) is 14.9 Å². The molecule has 0 spiro atoms. The molecule has 0 fully saturated rings. The Morgan fingerprint density at radius 2 is 1.73 bits per heavy atom. The number of anilines is 1. The van der Waals surface area contributed by atoms with Gasteiger partial charge in [0, 0.05) is 17.5 Å². The SMILES string of the molecule is NC(=O)c1oc2ccc(-c3ccc([N+](=O)[O-])cc3)cc2c1N. The van der Waals surface area contributed by atoms with Crippen LogP contribution in [0.25, 0.3) is 22.1 Å². The van der Waals surface area contributed by atoms with E-state index in [0.29, 0.717) is 11.0 Å². The number of carbonyl (C=O) groups is 1. The highest BCUT2D eigenvalue weighted by molar-refractivity contribution is 6.05. The molecule has 3 aromatic rings. The second-order valence-corrected chi connectivity index (χ2v) is 4.72. The number of nitrogens with zero attached hydrogens (tertiary/aromatic N) is 1. The lowest BCUT2D eigenvalue weighted by molar-refractivity contribution is -0.384. The standard InChI is InChI=1S/C15H11N3O4/c16-13-11-7-9(3-6-12(11)22-14(13)15(17)19)8-1-4-10(5-2-8)18(20)21/h1-7H,16H2,(H2,17,19). The van der Waals surface area contributed by atoms with Crippen LogP contribution in [0.3, 0.4) is 0 Å². The Labute approximate surface area is 124 Å². The summed E-state index contributed by atoms with van der Waals surface area (Å²) < 4.78 is 5.31. The summed E-state index contributed by atoms with van der Waals surface area (Å²) in [5.41, 5.74) is 13.3. The van der Waals surface area contributed by atoms with Gasteiger partial charge in [0.05, 0.1) is 10.6 Å². The Morgan fingerprint density at radius 1 is 1.09 bits per heavy atom. The van der Waals surface area contributed by atoms with Gasteiger partial charge in [0.25, 0.3) is 11.6 Å². The van der Waals surface area contributed by atoms with Crippen molar-refractivity contribution in [1.82, 2.24) is 0 Å². The Bertz CT molecular complexity index is 897. The summed E-state index contributed by atoms with van der Waals surface area (Å²) in [7, 11) is 0. The molecule has 0 aliphatic rings. The number of nitro benzene ring substituents is 1. The van der Waals surface area contributed by atoms with Gasteiger partial charge >= 0.3 is 0 Å². The largest absolute Gasteiger partial charge is 0.449 e. The smallest absolute Gasteiger partial charge is 0.286 e. The third kappa shape index (κ3) is 2.14. The van der Waals surface area contributed by atoms with Crippen molar-refractivity contribution in [2.75, 3.05) is 5.73 Å². The summed E-state index contributed by atoms with van der Waals surface area (Å²) in [4.78, 5) is 21.4. The van der Waals surface area contributed by atoms with Gasteiger partial charge in [0.2, 0.25) is 5.76 Å². The van der Waals surface area contributed by atoms with Crippen LogP contribution in [0.4, 0.5) is 11.4 Å². The molecule has 2 aromatic carbocycles. The summed E-state index contributed by atoms with van der Waals surface area (Å²) >= 11 is 0. The van der Waals surface area contributed by atoms with Crippen LogP contribution >= 0.6 is 0 Å². The lowest BCUT2D eigenvalue weighted by Crippen LogP contribution is -2.11. The number of furan rings is 1. The quantitative estimate of drug-likeness (QED) is 0.567. The molecule has 0 aliphatic carbocycles. The molecule has 7 nitrogen and oxygen atoms in total. The fourth-order valence-electron chi connectivity index (χ4n) is 2.25. The van der Waals surface area contributed by atoms with E-state index in [0.717, 1.165) is 11.1 Å². The molecule has 22 heavy (non-hydrogen) atoms. The van der Waals surface area contributed by atoms with Gasteiger partial charge in [-0.05, 0) is 35.4 Å². The minimum absolute atomic E-state index is 0.0173. The number of hydrogen-bond donors (Lipinski definition) is 2. The number of rotatable bonds is 3. The van der Waals surface area contributed by atoms with Crippen molar-refractivity contribution in [1.29, 1.82) is 0 Å². The molecule has 0 bridgehead atoms. The van der Waals surface area contributed by atoms with Crippen molar-refractivity contribution < 1.29 is 14.1 Å². The first-order valence-corrected chi connectivity index (χ1v) is 6.34.